The first-order valence-electron chi connectivity index (χ1n) is 4.81. The SMILES string of the molecule is [O-][N+]12CC3CC(CC(C3)C1)C2. The Hall–Kier alpha value is -0.0800. The van der Waals surface area contributed by atoms with Crippen LogP contribution in [0.1, 0.15) is 19.3 Å². The van der Waals surface area contributed by atoms with Crippen LogP contribution >= 0.6 is 0 Å². The number of piperidine rings is 3. The average molecular weight is 153 g/mol. The highest BCUT2D eigenvalue weighted by Crippen LogP contribution is 2.46. The summed E-state index contributed by atoms with van der Waals surface area (Å²) in [5.74, 6) is 2.41. The monoisotopic (exact) mass is 153 g/mol. The standard InChI is InChI=1S/C9H15NO/c11-10-4-7-1-8(5-10)3-9(2-7)6-10/h7-9H,1-6H2. The van der Waals surface area contributed by atoms with E-state index in [1.165, 1.54) is 19.3 Å². The molecule has 0 aromatic rings. The Morgan fingerprint density at radius 2 is 1.18 bits per heavy atom. The van der Waals surface area contributed by atoms with Gasteiger partial charge in [0.1, 0.15) is 0 Å². The molecule has 4 aliphatic rings. The van der Waals surface area contributed by atoms with Gasteiger partial charge >= 0.3 is 0 Å². The Labute approximate surface area is 67.4 Å². The van der Waals surface area contributed by atoms with Gasteiger partial charge in [-0.25, -0.2) is 0 Å². The molecule has 2 nitrogen and oxygen atoms in total. The molecule has 0 aromatic heterocycles. The molecule has 4 rings (SSSR count). The molecule has 0 spiro atoms. The van der Waals surface area contributed by atoms with E-state index in [1.54, 1.807) is 0 Å². The number of hydrogen-bond acceptors (Lipinski definition) is 1. The lowest BCUT2D eigenvalue weighted by Crippen LogP contribution is -2.62. The minimum atomic E-state index is 0.181. The maximum atomic E-state index is 11.9. The smallest absolute Gasteiger partial charge is 0.0812 e. The van der Waals surface area contributed by atoms with Crippen LogP contribution in [0.3, 0.4) is 0 Å². The van der Waals surface area contributed by atoms with Crippen LogP contribution in [-0.2, 0) is 0 Å². The van der Waals surface area contributed by atoms with Crippen molar-refractivity contribution in [2.45, 2.75) is 19.3 Å². The van der Waals surface area contributed by atoms with E-state index in [9.17, 15) is 5.21 Å². The molecule has 0 aromatic carbocycles. The summed E-state index contributed by atoms with van der Waals surface area (Å²) in [4.78, 5) is 0. The summed E-state index contributed by atoms with van der Waals surface area (Å²) in [6.07, 6.45) is 4.12. The lowest BCUT2D eigenvalue weighted by atomic mass is 9.68. The van der Waals surface area contributed by atoms with Crippen LogP contribution in [0.5, 0.6) is 0 Å². The normalized spacial score (nSPS) is 60.3. The van der Waals surface area contributed by atoms with E-state index in [2.05, 4.69) is 0 Å². The van der Waals surface area contributed by atoms with E-state index in [4.69, 9.17) is 0 Å². The molecule has 3 aliphatic heterocycles. The molecule has 2 heteroatoms. The fourth-order valence-corrected chi connectivity index (χ4v) is 3.79. The Morgan fingerprint density at radius 1 is 0.818 bits per heavy atom. The molecule has 11 heavy (non-hydrogen) atoms. The molecule has 0 atom stereocenters. The van der Waals surface area contributed by atoms with Crippen LogP contribution in [0.4, 0.5) is 0 Å². The van der Waals surface area contributed by atoms with Crippen molar-refractivity contribution in [2.75, 3.05) is 19.6 Å². The first-order chi connectivity index (χ1) is 5.23. The fourth-order valence-electron chi connectivity index (χ4n) is 3.79. The van der Waals surface area contributed by atoms with Gasteiger partial charge in [0.15, 0.2) is 0 Å². The molecule has 0 amide bonds. The second kappa shape index (κ2) is 1.80. The molecule has 1 saturated carbocycles. The lowest BCUT2D eigenvalue weighted by Gasteiger charge is -2.60. The zero-order valence-corrected chi connectivity index (χ0v) is 6.83. The van der Waals surface area contributed by atoms with Gasteiger partial charge in [0.25, 0.3) is 0 Å². The van der Waals surface area contributed by atoms with Crippen molar-refractivity contribution < 1.29 is 4.65 Å². The molecular weight excluding hydrogens is 138 g/mol. The van der Waals surface area contributed by atoms with Crippen molar-refractivity contribution in [2.24, 2.45) is 17.8 Å². The van der Waals surface area contributed by atoms with Gasteiger partial charge in [-0.2, -0.15) is 0 Å². The molecule has 4 bridgehead atoms. The van der Waals surface area contributed by atoms with Gasteiger partial charge in [0.05, 0.1) is 19.6 Å². The second-order valence-electron chi connectivity index (χ2n) is 4.91. The third-order valence-corrected chi connectivity index (χ3v) is 3.77. The lowest BCUT2D eigenvalue weighted by molar-refractivity contribution is -0.909. The van der Waals surface area contributed by atoms with Crippen LogP contribution in [0, 0.1) is 23.0 Å². The van der Waals surface area contributed by atoms with Gasteiger partial charge in [0, 0.05) is 17.8 Å². The van der Waals surface area contributed by atoms with Crippen LogP contribution < -0.4 is 0 Å². The van der Waals surface area contributed by atoms with Gasteiger partial charge in [-0.05, 0) is 19.3 Å². The van der Waals surface area contributed by atoms with Gasteiger partial charge in [-0.1, -0.05) is 0 Å². The van der Waals surface area contributed by atoms with E-state index < -0.39 is 0 Å². The first kappa shape index (κ1) is 6.44. The van der Waals surface area contributed by atoms with Gasteiger partial charge in [0.2, 0.25) is 0 Å². The van der Waals surface area contributed by atoms with Crippen molar-refractivity contribution in [1.82, 2.24) is 0 Å². The minimum Gasteiger partial charge on any atom is -0.633 e. The minimum absolute atomic E-state index is 0.181. The third kappa shape index (κ3) is 0.859. The Kier molecular flexibility index (Phi) is 1.06. The van der Waals surface area contributed by atoms with Crippen molar-refractivity contribution >= 4 is 0 Å². The van der Waals surface area contributed by atoms with Crippen molar-refractivity contribution in [3.05, 3.63) is 5.21 Å². The Balaban J connectivity index is 1.94. The first-order valence-corrected chi connectivity index (χ1v) is 4.81. The third-order valence-electron chi connectivity index (χ3n) is 3.77. The highest BCUT2D eigenvalue weighted by Gasteiger charge is 2.47. The van der Waals surface area contributed by atoms with Gasteiger partial charge in [-0.15, -0.1) is 0 Å². The molecule has 0 N–H and O–H groups in total. The summed E-state index contributed by atoms with van der Waals surface area (Å²) < 4.78 is 0.181. The van der Waals surface area contributed by atoms with Gasteiger partial charge < -0.3 is 9.85 Å². The van der Waals surface area contributed by atoms with Crippen molar-refractivity contribution in [3.8, 4) is 0 Å². The van der Waals surface area contributed by atoms with E-state index in [-0.39, 0.29) is 4.65 Å². The summed E-state index contributed by atoms with van der Waals surface area (Å²) in [6.45, 7) is 2.85. The summed E-state index contributed by atoms with van der Waals surface area (Å²) >= 11 is 0. The average Bonchev–Trinajstić information content (AvgIpc) is 1.79. The van der Waals surface area contributed by atoms with Crippen LogP contribution in [0.15, 0.2) is 0 Å². The summed E-state index contributed by atoms with van der Waals surface area (Å²) in [6, 6.07) is 0. The zero-order chi connectivity index (χ0) is 7.47. The molecule has 0 unspecified atom stereocenters. The second-order valence-corrected chi connectivity index (χ2v) is 4.91. The Bertz CT molecular complexity index is 155. The summed E-state index contributed by atoms with van der Waals surface area (Å²) in [5.41, 5.74) is 0. The predicted molar refractivity (Wildman–Crippen MR) is 42.5 cm³/mol. The topological polar surface area (TPSA) is 23.1 Å². The molecule has 62 valence electrons. The quantitative estimate of drug-likeness (QED) is 0.380. The van der Waals surface area contributed by atoms with Crippen molar-refractivity contribution in [3.63, 3.8) is 0 Å². The van der Waals surface area contributed by atoms with Crippen LogP contribution in [0.25, 0.3) is 0 Å². The van der Waals surface area contributed by atoms with Crippen molar-refractivity contribution in [1.29, 1.82) is 0 Å². The zero-order valence-electron chi connectivity index (χ0n) is 6.83. The van der Waals surface area contributed by atoms with E-state index in [0.717, 1.165) is 37.4 Å². The molecule has 4 fully saturated rings. The van der Waals surface area contributed by atoms with E-state index in [0.29, 0.717) is 0 Å². The number of hydroxylamine groups is 3. The molecular formula is C9H15NO. The maximum absolute atomic E-state index is 11.9. The van der Waals surface area contributed by atoms with Crippen LogP contribution in [-0.4, -0.2) is 24.3 Å². The fraction of sp³-hybridized carbons (Fsp3) is 1.00. The van der Waals surface area contributed by atoms with Gasteiger partial charge in [-0.3, -0.25) is 0 Å². The van der Waals surface area contributed by atoms with Crippen LogP contribution in [0.2, 0.25) is 0 Å². The largest absolute Gasteiger partial charge is 0.633 e. The number of quaternary nitrogens is 1. The predicted octanol–water partition coefficient (Wildman–Crippen LogP) is 1.36. The molecule has 3 heterocycles. The summed E-state index contributed by atoms with van der Waals surface area (Å²) in [5, 5.41) is 11.9. The number of hydrogen-bond donors (Lipinski definition) is 0. The highest BCUT2D eigenvalue weighted by molar-refractivity contribution is 4.87. The number of rotatable bonds is 0. The molecule has 0 radical (unpaired) electrons. The maximum Gasteiger partial charge on any atom is 0.0812 e. The Morgan fingerprint density at radius 3 is 1.45 bits per heavy atom. The molecule has 3 saturated heterocycles. The number of nitrogens with zero attached hydrogens (tertiary/aromatic N) is 1. The highest BCUT2D eigenvalue weighted by atomic mass is 16.5. The van der Waals surface area contributed by atoms with E-state index >= 15 is 0 Å². The van der Waals surface area contributed by atoms with E-state index in [1.807, 2.05) is 0 Å². The molecule has 1 aliphatic carbocycles. The summed E-state index contributed by atoms with van der Waals surface area (Å²) in [7, 11) is 0.